The van der Waals surface area contributed by atoms with E-state index in [2.05, 4.69) is 76.4 Å². The minimum Gasteiger partial charge on any atom is -0.487 e. The zero-order chi connectivity index (χ0) is 16.0. The van der Waals surface area contributed by atoms with E-state index in [0.29, 0.717) is 3.92 Å². The lowest BCUT2D eigenvalue weighted by Gasteiger charge is -2.60. The van der Waals surface area contributed by atoms with Crippen LogP contribution >= 0.6 is 45.2 Å². The lowest BCUT2D eigenvalue weighted by Crippen LogP contribution is -2.60. The fourth-order valence-corrected chi connectivity index (χ4v) is 6.78. The van der Waals surface area contributed by atoms with Gasteiger partial charge in [0.25, 0.3) is 0 Å². The molecule has 23 heavy (non-hydrogen) atoms. The smallest absolute Gasteiger partial charge is 0.120 e. The van der Waals surface area contributed by atoms with E-state index in [0.717, 1.165) is 33.8 Å². The van der Waals surface area contributed by atoms with Crippen LogP contribution in [0.25, 0.3) is 0 Å². The summed E-state index contributed by atoms with van der Waals surface area (Å²) in [6.45, 7) is 2.35. The second kappa shape index (κ2) is 6.65. The van der Waals surface area contributed by atoms with Crippen LogP contribution in [0.4, 0.5) is 0 Å². The Morgan fingerprint density at radius 1 is 1.04 bits per heavy atom. The molecule has 5 rings (SSSR count). The van der Waals surface area contributed by atoms with Crippen molar-refractivity contribution in [3.05, 3.63) is 29.8 Å². The summed E-state index contributed by atoms with van der Waals surface area (Å²) in [5.74, 6) is 4.71. The van der Waals surface area contributed by atoms with Crippen molar-refractivity contribution < 1.29 is 4.74 Å². The highest BCUT2D eigenvalue weighted by atomic mass is 127. The van der Waals surface area contributed by atoms with Gasteiger partial charge in [-0.2, -0.15) is 0 Å². The first-order chi connectivity index (χ1) is 11.1. The SMILES string of the molecule is CCC1(Oc2ccc(C(I)CI)cc2)C2CC3CC(C2)CC1C3. The minimum absolute atomic E-state index is 0.127. The Kier molecular flexibility index (Phi) is 4.90. The number of hydrogen-bond acceptors (Lipinski definition) is 1. The molecular weight excluding hydrogens is 510 g/mol. The number of rotatable bonds is 5. The molecule has 0 N–H and O–H groups in total. The van der Waals surface area contributed by atoms with Crippen LogP contribution in [0.2, 0.25) is 0 Å². The second-order valence-corrected chi connectivity index (χ2v) is 10.3. The molecule has 3 heteroatoms. The lowest BCUT2D eigenvalue weighted by atomic mass is 9.49. The number of alkyl halides is 2. The molecule has 4 bridgehead atoms. The Morgan fingerprint density at radius 2 is 1.61 bits per heavy atom. The summed E-state index contributed by atoms with van der Waals surface area (Å²) in [5.41, 5.74) is 1.55. The number of hydrogen-bond donors (Lipinski definition) is 0. The van der Waals surface area contributed by atoms with Crippen molar-refractivity contribution in [1.82, 2.24) is 0 Å². The van der Waals surface area contributed by atoms with Gasteiger partial charge in [0, 0.05) is 8.35 Å². The molecule has 4 aliphatic carbocycles. The molecule has 4 saturated carbocycles. The van der Waals surface area contributed by atoms with E-state index in [1.807, 2.05) is 0 Å². The van der Waals surface area contributed by atoms with Crippen LogP contribution in [0.3, 0.4) is 0 Å². The van der Waals surface area contributed by atoms with Gasteiger partial charge in [-0.15, -0.1) is 0 Å². The fourth-order valence-electron chi connectivity index (χ4n) is 5.85. The van der Waals surface area contributed by atoms with Gasteiger partial charge in [-0.05, 0) is 79.9 Å². The highest BCUT2D eigenvalue weighted by molar-refractivity contribution is 14.1. The van der Waals surface area contributed by atoms with Gasteiger partial charge in [0.15, 0.2) is 0 Å². The van der Waals surface area contributed by atoms with Crippen molar-refractivity contribution >= 4 is 45.2 Å². The van der Waals surface area contributed by atoms with E-state index < -0.39 is 0 Å². The third-order valence-corrected chi connectivity index (χ3v) is 10.5. The second-order valence-electron chi connectivity index (χ2n) is 7.91. The topological polar surface area (TPSA) is 9.23 Å². The molecule has 126 valence electrons. The predicted molar refractivity (Wildman–Crippen MR) is 113 cm³/mol. The quantitative estimate of drug-likeness (QED) is 0.305. The van der Waals surface area contributed by atoms with Crippen LogP contribution < -0.4 is 4.74 Å². The van der Waals surface area contributed by atoms with Crippen molar-refractivity contribution in [3.8, 4) is 5.75 Å². The molecule has 1 unspecified atom stereocenters. The van der Waals surface area contributed by atoms with Crippen molar-refractivity contribution in [2.24, 2.45) is 23.7 Å². The molecule has 1 aromatic rings. The summed E-state index contributed by atoms with van der Waals surface area (Å²) < 4.78 is 8.55. The first-order valence-corrected chi connectivity index (χ1v) is 11.9. The van der Waals surface area contributed by atoms with E-state index in [-0.39, 0.29) is 5.60 Å². The van der Waals surface area contributed by atoms with Gasteiger partial charge in [-0.3, -0.25) is 0 Å². The van der Waals surface area contributed by atoms with Crippen LogP contribution in [0.1, 0.15) is 54.9 Å². The Bertz CT molecular complexity index is 525. The van der Waals surface area contributed by atoms with Gasteiger partial charge in [0.05, 0.1) is 0 Å². The molecule has 0 radical (unpaired) electrons. The van der Waals surface area contributed by atoms with E-state index in [4.69, 9.17) is 4.74 Å². The molecule has 0 heterocycles. The van der Waals surface area contributed by atoms with Crippen molar-refractivity contribution in [2.45, 2.75) is 55.0 Å². The van der Waals surface area contributed by atoms with Gasteiger partial charge in [-0.1, -0.05) is 64.2 Å². The molecule has 0 saturated heterocycles. The van der Waals surface area contributed by atoms with Crippen LogP contribution in [-0.2, 0) is 0 Å². The van der Waals surface area contributed by atoms with Gasteiger partial charge in [0.1, 0.15) is 11.4 Å². The molecule has 4 aliphatic rings. The molecule has 1 atom stereocenters. The normalized spacial score (nSPS) is 39.4. The lowest BCUT2D eigenvalue weighted by molar-refractivity contribution is -0.157. The summed E-state index contributed by atoms with van der Waals surface area (Å²) in [7, 11) is 0. The summed E-state index contributed by atoms with van der Waals surface area (Å²) >= 11 is 4.99. The summed E-state index contributed by atoms with van der Waals surface area (Å²) in [6, 6.07) is 8.97. The monoisotopic (exact) mass is 536 g/mol. The van der Waals surface area contributed by atoms with E-state index in [1.54, 1.807) is 0 Å². The minimum atomic E-state index is 0.127. The van der Waals surface area contributed by atoms with Crippen molar-refractivity contribution in [2.75, 3.05) is 4.43 Å². The van der Waals surface area contributed by atoms with Gasteiger partial charge in [0.2, 0.25) is 0 Å². The van der Waals surface area contributed by atoms with E-state index >= 15 is 0 Å². The van der Waals surface area contributed by atoms with E-state index in [9.17, 15) is 0 Å². The maximum atomic E-state index is 6.79. The third-order valence-electron chi connectivity index (χ3n) is 6.76. The molecule has 0 aliphatic heterocycles. The Morgan fingerprint density at radius 3 is 2.09 bits per heavy atom. The highest BCUT2D eigenvalue weighted by Crippen LogP contribution is 2.60. The van der Waals surface area contributed by atoms with Gasteiger partial charge >= 0.3 is 0 Å². The summed E-state index contributed by atoms with van der Waals surface area (Å²) in [6.07, 6.45) is 8.36. The average molecular weight is 536 g/mol. The van der Waals surface area contributed by atoms with Crippen LogP contribution in [0.5, 0.6) is 5.75 Å². The molecule has 1 nitrogen and oxygen atoms in total. The average Bonchev–Trinajstić information content (AvgIpc) is 2.57. The maximum Gasteiger partial charge on any atom is 0.120 e. The third kappa shape index (κ3) is 2.96. The number of benzene rings is 1. The van der Waals surface area contributed by atoms with Crippen molar-refractivity contribution in [3.63, 3.8) is 0 Å². The van der Waals surface area contributed by atoms with Crippen LogP contribution in [0.15, 0.2) is 24.3 Å². The fraction of sp³-hybridized carbons (Fsp3) is 0.700. The number of ether oxygens (including phenoxy) is 1. The van der Waals surface area contributed by atoms with Crippen LogP contribution in [-0.4, -0.2) is 10.0 Å². The molecule has 0 aromatic heterocycles. The Hall–Kier alpha value is 0.480. The highest BCUT2D eigenvalue weighted by Gasteiger charge is 2.57. The molecular formula is C20H26I2O. The molecule has 4 fully saturated rings. The first-order valence-electron chi connectivity index (χ1n) is 9.13. The molecule has 0 spiro atoms. The molecule has 1 aromatic carbocycles. The largest absolute Gasteiger partial charge is 0.487 e. The maximum absolute atomic E-state index is 6.79. The van der Waals surface area contributed by atoms with Crippen LogP contribution in [0, 0.1) is 23.7 Å². The predicted octanol–water partition coefficient (Wildman–Crippen LogP) is 6.58. The zero-order valence-corrected chi connectivity index (χ0v) is 18.1. The Balaban J connectivity index is 1.56. The molecule has 0 amide bonds. The first kappa shape index (κ1) is 16.9. The standard InChI is InChI=1S/C20H26I2O/c1-2-20(16-8-13-7-14(10-16)11-17(20)9-13)23-18-5-3-15(4-6-18)19(22)12-21/h3-6,13-14,16-17,19H,2,7-12H2,1H3. The Labute approximate surface area is 167 Å². The van der Waals surface area contributed by atoms with E-state index in [1.165, 1.54) is 44.1 Å². The zero-order valence-electron chi connectivity index (χ0n) is 13.8. The summed E-state index contributed by atoms with van der Waals surface area (Å²) in [5, 5.41) is 0. The van der Waals surface area contributed by atoms with Crippen molar-refractivity contribution in [1.29, 1.82) is 0 Å². The van der Waals surface area contributed by atoms with Gasteiger partial charge in [-0.25, -0.2) is 0 Å². The number of halogens is 2. The van der Waals surface area contributed by atoms with Gasteiger partial charge < -0.3 is 4.74 Å². The summed E-state index contributed by atoms with van der Waals surface area (Å²) in [4.78, 5) is 0.